The Labute approximate surface area is 159 Å². The van der Waals surface area contributed by atoms with Gasteiger partial charge in [-0.25, -0.2) is 4.39 Å². The number of aromatic nitrogens is 2. The summed E-state index contributed by atoms with van der Waals surface area (Å²) in [6.07, 6.45) is 0. The second-order valence-electron chi connectivity index (χ2n) is 6.04. The van der Waals surface area contributed by atoms with Crippen molar-refractivity contribution in [2.24, 2.45) is 0 Å². The number of nitrogens with zero attached hydrogens (tertiary/aromatic N) is 3. The van der Waals surface area contributed by atoms with E-state index in [9.17, 15) is 13.2 Å². The summed E-state index contributed by atoms with van der Waals surface area (Å²) in [5, 5.41) is 7.97. The Balaban J connectivity index is 1.64. The van der Waals surface area contributed by atoms with Crippen molar-refractivity contribution >= 4 is 0 Å². The van der Waals surface area contributed by atoms with Crippen LogP contribution in [-0.4, -0.2) is 35.9 Å². The molecule has 0 amide bonds. The topological polar surface area (TPSA) is 60.6 Å². The van der Waals surface area contributed by atoms with Crippen LogP contribution in [0.3, 0.4) is 0 Å². The Morgan fingerprint density at radius 2 is 1.79 bits per heavy atom. The fourth-order valence-electron chi connectivity index (χ4n) is 2.63. The quantitative estimate of drug-likeness (QED) is 0.574. The summed E-state index contributed by atoms with van der Waals surface area (Å²) in [7, 11) is 3.23. The lowest BCUT2D eigenvalue weighted by atomic mass is 10.2. The molecule has 1 heterocycles. The third kappa shape index (κ3) is 5.01. The van der Waals surface area contributed by atoms with Gasteiger partial charge in [-0.15, -0.1) is 10.2 Å². The second-order valence-corrected chi connectivity index (χ2v) is 6.04. The molecular formula is C19H18F3N3O3. The van der Waals surface area contributed by atoms with Gasteiger partial charge < -0.3 is 13.9 Å². The number of hydrogen-bond acceptors (Lipinski definition) is 6. The van der Waals surface area contributed by atoms with Crippen LogP contribution in [0.2, 0.25) is 0 Å². The van der Waals surface area contributed by atoms with Gasteiger partial charge in [-0.1, -0.05) is 6.07 Å². The van der Waals surface area contributed by atoms with Crippen LogP contribution in [0.5, 0.6) is 11.5 Å². The largest absolute Gasteiger partial charge is 0.493 e. The van der Waals surface area contributed by atoms with Crippen molar-refractivity contribution in [1.29, 1.82) is 0 Å². The average Bonchev–Trinajstić information content (AvgIpc) is 3.11. The van der Waals surface area contributed by atoms with Gasteiger partial charge in [0.15, 0.2) is 11.5 Å². The van der Waals surface area contributed by atoms with Crippen LogP contribution in [0.15, 0.2) is 46.9 Å². The van der Waals surface area contributed by atoms with Crippen LogP contribution in [0.4, 0.5) is 13.2 Å². The van der Waals surface area contributed by atoms with E-state index in [0.717, 1.165) is 5.56 Å². The maximum absolute atomic E-state index is 13.0. The Kier molecular flexibility index (Phi) is 6.15. The van der Waals surface area contributed by atoms with E-state index in [0.29, 0.717) is 30.4 Å². The summed E-state index contributed by atoms with van der Waals surface area (Å²) < 4.78 is 52.9. The van der Waals surface area contributed by atoms with Gasteiger partial charge in [-0.05, 0) is 49.0 Å². The summed E-state index contributed by atoms with van der Waals surface area (Å²) >= 11 is 0. The molecule has 0 saturated carbocycles. The average molecular weight is 393 g/mol. The van der Waals surface area contributed by atoms with E-state index in [4.69, 9.17) is 9.15 Å². The van der Waals surface area contributed by atoms with Gasteiger partial charge in [0.25, 0.3) is 0 Å². The zero-order valence-electron chi connectivity index (χ0n) is 15.2. The Morgan fingerprint density at radius 1 is 1.04 bits per heavy atom. The van der Waals surface area contributed by atoms with E-state index in [1.165, 1.54) is 25.3 Å². The highest BCUT2D eigenvalue weighted by atomic mass is 19.3. The SMILES string of the molecule is COc1cc(CN(C)Cc2nnc(-c3ccc(F)cc3)o2)ccc1OC(F)F. The minimum Gasteiger partial charge on any atom is -0.493 e. The Hall–Kier alpha value is -3.07. The normalized spacial score (nSPS) is 11.2. The molecule has 0 aliphatic heterocycles. The molecule has 0 spiro atoms. The number of hydrogen-bond donors (Lipinski definition) is 0. The first-order valence-corrected chi connectivity index (χ1v) is 8.33. The first-order valence-electron chi connectivity index (χ1n) is 8.33. The maximum atomic E-state index is 13.0. The van der Waals surface area contributed by atoms with E-state index in [1.807, 2.05) is 11.9 Å². The van der Waals surface area contributed by atoms with Crippen LogP contribution >= 0.6 is 0 Å². The Morgan fingerprint density at radius 3 is 2.46 bits per heavy atom. The van der Waals surface area contributed by atoms with Crippen LogP contribution in [0.1, 0.15) is 11.5 Å². The molecule has 28 heavy (non-hydrogen) atoms. The molecular weight excluding hydrogens is 375 g/mol. The summed E-state index contributed by atoms with van der Waals surface area (Å²) in [6, 6.07) is 10.5. The number of rotatable bonds is 8. The van der Waals surface area contributed by atoms with E-state index in [2.05, 4.69) is 14.9 Å². The first kappa shape index (κ1) is 19.7. The number of benzene rings is 2. The molecule has 0 N–H and O–H groups in total. The van der Waals surface area contributed by atoms with Crippen LogP contribution in [0, 0.1) is 5.82 Å². The first-order chi connectivity index (χ1) is 13.4. The molecule has 1 aromatic heterocycles. The fourth-order valence-corrected chi connectivity index (χ4v) is 2.63. The molecule has 0 atom stereocenters. The van der Waals surface area contributed by atoms with Crippen molar-refractivity contribution < 1.29 is 27.1 Å². The number of ether oxygens (including phenoxy) is 2. The van der Waals surface area contributed by atoms with E-state index in [1.54, 1.807) is 24.3 Å². The zero-order chi connectivity index (χ0) is 20.1. The molecule has 2 aromatic carbocycles. The third-order valence-corrected chi connectivity index (χ3v) is 3.86. The molecule has 0 bridgehead atoms. The van der Waals surface area contributed by atoms with Crippen molar-refractivity contribution in [1.82, 2.24) is 15.1 Å². The van der Waals surface area contributed by atoms with Gasteiger partial charge in [0, 0.05) is 12.1 Å². The zero-order valence-corrected chi connectivity index (χ0v) is 15.2. The molecule has 9 heteroatoms. The molecule has 0 radical (unpaired) electrons. The highest BCUT2D eigenvalue weighted by Gasteiger charge is 2.14. The standard InChI is InChI=1S/C19H18F3N3O3/c1-25(10-12-3-8-15(27-19(21)22)16(9-12)26-2)11-17-23-24-18(28-17)13-4-6-14(20)7-5-13/h3-9,19H,10-11H2,1-2H3. The number of halogens is 3. The second kappa shape index (κ2) is 8.75. The predicted octanol–water partition coefficient (Wildman–Crippen LogP) is 4.12. The monoisotopic (exact) mass is 393 g/mol. The Bertz CT molecular complexity index is 916. The third-order valence-electron chi connectivity index (χ3n) is 3.86. The van der Waals surface area contributed by atoms with Crippen molar-refractivity contribution in [2.45, 2.75) is 19.7 Å². The molecule has 148 valence electrons. The molecule has 0 saturated heterocycles. The minimum atomic E-state index is -2.92. The van der Waals surface area contributed by atoms with Crippen molar-refractivity contribution in [3.63, 3.8) is 0 Å². The number of methoxy groups -OCH3 is 1. The predicted molar refractivity (Wildman–Crippen MR) is 94.5 cm³/mol. The summed E-state index contributed by atoms with van der Waals surface area (Å²) in [4.78, 5) is 1.91. The van der Waals surface area contributed by atoms with Gasteiger partial charge in [0.1, 0.15) is 5.82 Å². The number of alkyl halides is 2. The van der Waals surface area contributed by atoms with Crippen LogP contribution < -0.4 is 9.47 Å². The molecule has 3 aromatic rings. The maximum Gasteiger partial charge on any atom is 0.387 e. The molecule has 6 nitrogen and oxygen atoms in total. The molecule has 0 fully saturated rings. The van der Waals surface area contributed by atoms with E-state index >= 15 is 0 Å². The van der Waals surface area contributed by atoms with Gasteiger partial charge >= 0.3 is 6.61 Å². The molecule has 3 rings (SSSR count). The van der Waals surface area contributed by atoms with Gasteiger partial charge in [-0.3, -0.25) is 4.90 Å². The van der Waals surface area contributed by atoms with Crippen LogP contribution in [0.25, 0.3) is 11.5 Å². The van der Waals surface area contributed by atoms with E-state index < -0.39 is 6.61 Å². The van der Waals surface area contributed by atoms with Gasteiger partial charge in [-0.2, -0.15) is 8.78 Å². The molecule has 0 aliphatic rings. The fraction of sp³-hybridized carbons (Fsp3) is 0.263. The van der Waals surface area contributed by atoms with E-state index in [-0.39, 0.29) is 17.3 Å². The lowest BCUT2D eigenvalue weighted by Gasteiger charge is -2.16. The smallest absolute Gasteiger partial charge is 0.387 e. The molecule has 0 unspecified atom stereocenters. The highest BCUT2D eigenvalue weighted by molar-refractivity contribution is 5.51. The summed E-state index contributed by atoms with van der Waals surface area (Å²) in [6.45, 7) is -2.07. The lowest BCUT2D eigenvalue weighted by molar-refractivity contribution is -0.0512. The lowest BCUT2D eigenvalue weighted by Crippen LogP contribution is -2.17. The van der Waals surface area contributed by atoms with Crippen LogP contribution in [-0.2, 0) is 13.1 Å². The van der Waals surface area contributed by atoms with Crippen molar-refractivity contribution in [3.05, 3.63) is 59.7 Å². The minimum absolute atomic E-state index is 0.0234. The summed E-state index contributed by atoms with van der Waals surface area (Å²) in [5.74, 6) is 0.556. The van der Waals surface area contributed by atoms with Gasteiger partial charge in [0.2, 0.25) is 11.8 Å². The molecule has 0 aliphatic carbocycles. The summed E-state index contributed by atoms with van der Waals surface area (Å²) in [5.41, 5.74) is 1.46. The van der Waals surface area contributed by atoms with Crippen molar-refractivity contribution in [2.75, 3.05) is 14.2 Å². The van der Waals surface area contributed by atoms with Crippen molar-refractivity contribution in [3.8, 4) is 23.0 Å². The highest BCUT2D eigenvalue weighted by Crippen LogP contribution is 2.30. The van der Waals surface area contributed by atoms with Gasteiger partial charge in [0.05, 0.1) is 13.7 Å².